The summed E-state index contributed by atoms with van der Waals surface area (Å²) in [6, 6.07) is 5.50. The minimum atomic E-state index is 0. The number of nitrogens with zero attached hydrogens (tertiary/aromatic N) is 1. The van der Waals surface area contributed by atoms with Gasteiger partial charge in [0.2, 0.25) is 0 Å². The van der Waals surface area contributed by atoms with Gasteiger partial charge in [-0.15, -0.1) is 24.0 Å². The van der Waals surface area contributed by atoms with E-state index in [1.54, 1.807) is 14.2 Å². The fourth-order valence-corrected chi connectivity index (χ4v) is 2.24. The van der Waals surface area contributed by atoms with Gasteiger partial charge in [0.25, 0.3) is 0 Å². The van der Waals surface area contributed by atoms with Crippen LogP contribution in [0.3, 0.4) is 0 Å². The van der Waals surface area contributed by atoms with Crippen LogP contribution in [0, 0.1) is 5.92 Å². The number of ether oxygens (including phenoxy) is 3. The monoisotopic (exact) mass is 451 g/mol. The maximum Gasteiger partial charge on any atom is 0.193 e. The van der Waals surface area contributed by atoms with Crippen LogP contribution < -0.4 is 20.5 Å². The second-order valence-corrected chi connectivity index (χ2v) is 5.49. The van der Waals surface area contributed by atoms with Gasteiger partial charge < -0.3 is 25.3 Å². The average molecular weight is 451 g/mol. The summed E-state index contributed by atoms with van der Waals surface area (Å²) in [5.41, 5.74) is 6.73. The van der Waals surface area contributed by atoms with Gasteiger partial charge in [-0.1, -0.05) is 13.8 Å². The van der Waals surface area contributed by atoms with Gasteiger partial charge >= 0.3 is 0 Å². The molecule has 0 aromatic heterocycles. The molecule has 138 valence electrons. The summed E-state index contributed by atoms with van der Waals surface area (Å²) < 4.78 is 16.2. The number of rotatable bonds is 9. The number of guanidine groups is 1. The molecule has 1 unspecified atom stereocenters. The van der Waals surface area contributed by atoms with Crippen LogP contribution in [-0.2, 0) is 4.74 Å². The minimum absolute atomic E-state index is 0. The molecular weight excluding hydrogens is 421 g/mol. The van der Waals surface area contributed by atoms with Crippen molar-refractivity contribution in [2.24, 2.45) is 16.6 Å². The van der Waals surface area contributed by atoms with Crippen molar-refractivity contribution >= 4 is 35.6 Å². The Kier molecular flexibility index (Phi) is 11.6. The van der Waals surface area contributed by atoms with E-state index < -0.39 is 0 Å². The lowest BCUT2D eigenvalue weighted by molar-refractivity contribution is 0.0266. The zero-order valence-corrected chi connectivity index (χ0v) is 17.5. The number of aliphatic imine (C=N–C) groups is 1. The number of halogens is 1. The van der Waals surface area contributed by atoms with Crippen molar-refractivity contribution in [2.45, 2.75) is 33.3 Å². The molecule has 0 saturated heterocycles. The molecule has 0 fully saturated rings. The predicted molar refractivity (Wildman–Crippen MR) is 110 cm³/mol. The Morgan fingerprint density at radius 1 is 1.21 bits per heavy atom. The number of hydrogen-bond acceptors (Lipinski definition) is 4. The molecule has 0 radical (unpaired) electrons. The molecule has 0 saturated carbocycles. The van der Waals surface area contributed by atoms with E-state index in [1.807, 2.05) is 25.1 Å². The van der Waals surface area contributed by atoms with Gasteiger partial charge in [-0.3, -0.25) is 4.99 Å². The van der Waals surface area contributed by atoms with Crippen molar-refractivity contribution in [2.75, 3.05) is 32.7 Å². The number of nitrogens with two attached hydrogens (primary N) is 1. The van der Waals surface area contributed by atoms with E-state index in [1.165, 1.54) is 0 Å². The standard InChI is InChI=1S/C17H29N3O3.HI/c1-6-23-14(12(2)3)9-10-19-17(18)20-13-7-8-15(21-4)16(11-13)22-5;/h7-8,11-12,14H,6,9-10H2,1-5H3,(H3,18,19,20);1H. The first kappa shape index (κ1) is 22.8. The van der Waals surface area contributed by atoms with Gasteiger partial charge in [0.1, 0.15) is 0 Å². The molecule has 24 heavy (non-hydrogen) atoms. The maximum atomic E-state index is 5.93. The summed E-state index contributed by atoms with van der Waals surface area (Å²) in [7, 11) is 3.20. The molecule has 0 aliphatic heterocycles. The highest BCUT2D eigenvalue weighted by Crippen LogP contribution is 2.29. The minimum Gasteiger partial charge on any atom is -0.493 e. The lowest BCUT2D eigenvalue weighted by Gasteiger charge is -2.19. The molecule has 1 atom stereocenters. The van der Waals surface area contributed by atoms with Gasteiger partial charge in [-0.25, -0.2) is 0 Å². The van der Waals surface area contributed by atoms with E-state index in [2.05, 4.69) is 24.2 Å². The van der Waals surface area contributed by atoms with Crippen molar-refractivity contribution in [3.05, 3.63) is 18.2 Å². The fourth-order valence-electron chi connectivity index (χ4n) is 2.24. The molecule has 1 aromatic rings. The van der Waals surface area contributed by atoms with Crippen LogP contribution in [0.1, 0.15) is 27.2 Å². The first-order valence-corrected chi connectivity index (χ1v) is 7.92. The molecule has 0 aliphatic carbocycles. The maximum absolute atomic E-state index is 5.93. The lowest BCUT2D eigenvalue weighted by Crippen LogP contribution is -2.25. The summed E-state index contributed by atoms with van der Waals surface area (Å²) >= 11 is 0. The molecule has 6 nitrogen and oxygen atoms in total. The number of nitrogens with one attached hydrogen (secondary N) is 1. The summed E-state index contributed by atoms with van der Waals surface area (Å²) in [6.45, 7) is 7.64. The smallest absolute Gasteiger partial charge is 0.193 e. The van der Waals surface area contributed by atoms with E-state index in [4.69, 9.17) is 19.9 Å². The second-order valence-electron chi connectivity index (χ2n) is 5.49. The predicted octanol–water partition coefficient (Wildman–Crippen LogP) is 3.50. The average Bonchev–Trinajstić information content (AvgIpc) is 2.53. The molecular formula is C17H30IN3O3. The van der Waals surface area contributed by atoms with Crippen LogP contribution in [0.15, 0.2) is 23.2 Å². The first-order chi connectivity index (χ1) is 11.0. The van der Waals surface area contributed by atoms with E-state index in [9.17, 15) is 0 Å². The number of anilines is 1. The summed E-state index contributed by atoms with van der Waals surface area (Å²) in [5.74, 6) is 2.15. The Labute approximate surface area is 162 Å². The third-order valence-corrected chi connectivity index (χ3v) is 3.48. The van der Waals surface area contributed by atoms with Gasteiger partial charge in [-0.05, 0) is 31.4 Å². The molecule has 0 spiro atoms. The molecule has 3 N–H and O–H groups in total. The Hall–Kier alpha value is -1.22. The van der Waals surface area contributed by atoms with Crippen molar-refractivity contribution in [3.63, 3.8) is 0 Å². The van der Waals surface area contributed by atoms with Crippen molar-refractivity contribution in [1.82, 2.24) is 0 Å². The summed E-state index contributed by atoms with van der Waals surface area (Å²) in [4.78, 5) is 4.35. The highest BCUT2D eigenvalue weighted by Gasteiger charge is 2.12. The largest absolute Gasteiger partial charge is 0.493 e. The third-order valence-electron chi connectivity index (χ3n) is 3.48. The molecule has 0 bridgehead atoms. The summed E-state index contributed by atoms with van der Waals surface area (Å²) in [6.07, 6.45) is 1.05. The Bertz CT molecular complexity index is 510. The van der Waals surface area contributed by atoms with Crippen LogP contribution in [0.4, 0.5) is 5.69 Å². The van der Waals surface area contributed by atoms with Crippen molar-refractivity contribution < 1.29 is 14.2 Å². The quantitative estimate of drug-likeness (QED) is 0.342. The zero-order valence-electron chi connectivity index (χ0n) is 15.2. The van der Waals surface area contributed by atoms with E-state index in [-0.39, 0.29) is 30.1 Å². The zero-order chi connectivity index (χ0) is 17.2. The van der Waals surface area contributed by atoms with Gasteiger partial charge in [0.05, 0.1) is 20.3 Å². The number of benzene rings is 1. The topological polar surface area (TPSA) is 78.1 Å². The van der Waals surface area contributed by atoms with Gasteiger partial charge in [-0.2, -0.15) is 0 Å². The third kappa shape index (κ3) is 7.57. The molecule has 0 aliphatic rings. The molecule has 1 aromatic carbocycles. The van der Waals surface area contributed by atoms with Gasteiger partial charge in [0.15, 0.2) is 17.5 Å². The molecule has 1 rings (SSSR count). The van der Waals surface area contributed by atoms with Crippen LogP contribution in [0.5, 0.6) is 11.5 Å². The lowest BCUT2D eigenvalue weighted by atomic mass is 10.0. The molecule has 0 heterocycles. The highest BCUT2D eigenvalue weighted by molar-refractivity contribution is 14.0. The molecule has 7 heteroatoms. The van der Waals surface area contributed by atoms with Crippen LogP contribution >= 0.6 is 24.0 Å². The SMILES string of the molecule is CCOC(CCN=C(N)Nc1ccc(OC)c(OC)c1)C(C)C.I. The highest BCUT2D eigenvalue weighted by atomic mass is 127. The second kappa shape index (κ2) is 12.2. The van der Waals surface area contributed by atoms with E-state index in [0.717, 1.165) is 12.1 Å². The van der Waals surface area contributed by atoms with Crippen molar-refractivity contribution in [3.8, 4) is 11.5 Å². The van der Waals surface area contributed by atoms with Gasteiger partial charge in [0, 0.05) is 24.9 Å². The van der Waals surface area contributed by atoms with E-state index >= 15 is 0 Å². The van der Waals surface area contributed by atoms with Crippen LogP contribution in [0.25, 0.3) is 0 Å². The van der Waals surface area contributed by atoms with Crippen molar-refractivity contribution in [1.29, 1.82) is 0 Å². The first-order valence-electron chi connectivity index (χ1n) is 7.92. The van der Waals surface area contributed by atoms with E-state index in [0.29, 0.717) is 36.5 Å². The normalized spacial score (nSPS) is 12.5. The summed E-state index contributed by atoms with van der Waals surface area (Å²) in [5, 5.41) is 3.05. The molecule has 0 amide bonds. The number of hydrogen-bond donors (Lipinski definition) is 2. The Balaban J connectivity index is 0.00000529. The fraction of sp³-hybridized carbons (Fsp3) is 0.588. The van der Waals surface area contributed by atoms with Crippen LogP contribution in [0.2, 0.25) is 0 Å². The Morgan fingerprint density at radius 3 is 2.42 bits per heavy atom. The van der Waals surface area contributed by atoms with Crippen LogP contribution in [-0.4, -0.2) is 39.4 Å². The number of methoxy groups -OCH3 is 2. The Morgan fingerprint density at radius 2 is 1.88 bits per heavy atom.